The van der Waals surface area contributed by atoms with Crippen molar-refractivity contribution in [2.24, 2.45) is 5.41 Å². The summed E-state index contributed by atoms with van der Waals surface area (Å²) in [6, 6.07) is 7.62. The summed E-state index contributed by atoms with van der Waals surface area (Å²) < 4.78 is 39.9. The van der Waals surface area contributed by atoms with Gasteiger partial charge in [-0.1, -0.05) is 38.1 Å². The number of hydrogen-bond donors (Lipinski definition) is 2. The van der Waals surface area contributed by atoms with Gasteiger partial charge in [-0.15, -0.1) is 0 Å². The first kappa shape index (κ1) is 19.0. The van der Waals surface area contributed by atoms with Crippen LogP contribution in [0.1, 0.15) is 32.3 Å². The molecule has 0 saturated heterocycles. The molecule has 7 heteroatoms. The van der Waals surface area contributed by atoms with Gasteiger partial charge in [0.25, 0.3) is 0 Å². The zero-order valence-electron chi connectivity index (χ0n) is 14.3. The van der Waals surface area contributed by atoms with Gasteiger partial charge in [-0.2, -0.15) is 18.3 Å². The van der Waals surface area contributed by atoms with Crippen molar-refractivity contribution in [3.63, 3.8) is 0 Å². The average molecular weight is 353 g/mol. The minimum absolute atomic E-state index is 0.168. The maximum absolute atomic E-state index is 13.3. The Kier molecular flexibility index (Phi) is 5.87. The van der Waals surface area contributed by atoms with Crippen LogP contribution in [0, 0.1) is 5.41 Å². The Hall–Kier alpha value is -2.31. The molecule has 0 radical (unpaired) electrons. The highest BCUT2D eigenvalue weighted by Gasteiger charge is 2.57. The molecule has 0 aliphatic heterocycles. The van der Waals surface area contributed by atoms with Gasteiger partial charge in [0, 0.05) is 18.3 Å². The molecule has 0 spiro atoms. The van der Waals surface area contributed by atoms with Gasteiger partial charge >= 0.3 is 6.18 Å². The van der Waals surface area contributed by atoms with Crippen molar-refractivity contribution >= 4 is 5.91 Å². The van der Waals surface area contributed by atoms with E-state index in [2.05, 4.69) is 15.5 Å². The number of carbonyl (C=O) groups excluding carboxylic acids is 1. The van der Waals surface area contributed by atoms with Crippen LogP contribution in [-0.4, -0.2) is 28.8 Å². The first-order chi connectivity index (χ1) is 11.8. The Morgan fingerprint density at radius 2 is 1.76 bits per heavy atom. The predicted octanol–water partition coefficient (Wildman–Crippen LogP) is 4.10. The lowest BCUT2D eigenvalue weighted by Gasteiger charge is -2.32. The lowest BCUT2D eigenvalue weighted by Crippen LogP contribution is -2.50. The first-order valence-electron chi connectivity index (χ1n) is 8.27. The Labute approximate surface area is 144 Å². The van der Waals surface area contributed by atoms with E-state index in [1.165, 1.54) is 13.8 Å². The number of nitrogens with one attached hydrogen (secondary N) is 2. The maximum Gasteiger partial charge on any atom is 0.403 e. The molecule has 136 valence electrons. The molecule has 1 aromatic carbocycles. The van der Waals surface area contributed by atoms with Crippen LogP contribution >= 0.6 is 0 Å². The molecule has 1 aromatic heterocycles. The smallest absolute Gasteiger partial charge is 0.355 e. The second kappa shape index (κ2) is 7.72. The van der Waals surface area contributed by atoms with Crippen molar-refractivity contribution in [2.45, 2.75) is 39.3 Å². The fraction of sp³-hybridized carbons (Fsp3) is 0.444. The lowest BCUT2D eigenvalue weighted by molar-refractivity contribution is -0.223. The minimum Gasteiger partial charge on any atom is -0.355 e. The summed E-state index contributed by atoms with van der Waals surface area (Å²) in [7, 11) is 0. The number of H-pyrrole nitrogens is 1. The molecule has 0 aliphatic carbocycles. The number of benzene rings is 1. The Morgan fingerprint density at radius 1 is 1.12 bits per heavy atom. The third kappa shape index (κ3) is 4.03. The van der Waals surface area contributed by atoms with Gasteiger partial charge in [0.2, 0.25) is 5.91 Å². The number of nitrogens with zero attached hydrogens (tertiary/aromatic N) is 1. The largest absolute Gasteiger partial charge is 0.403 e. The van der Waals surface area contributed by atoms with Crippen molar-refractivity contribution in [3.05, 3.63) is 42.2 Å². The van der Waals surface area contributed by atoms with E-state index in [4.69, 9.17) is 0 Å². The lowest BCUT2D eigenvalue weighted by atomic mass is 9.80. The van der Waals surface area contributed by atoms with Crippen LogP contribution in [0.2, 0.25) is 0 Å². The zero-order chi connectivity index (χ0) is 18.5. The highest BCUT2D eigenvalue weighted by atomic mass is 19.4. The molecule has 0 fully saturated rings. The van der Waals surface area contributed by atoms with Crippen molar-refractivity contribution in [1.82, 2.24) is 15.5 Å². The standard InChI is InChI=1S/C18H22F3N3O/c1-3-17(4-2,18(19,20)21)16(25)22-10-9-13-5-7-14(8-6-13)15-11-23-24-12-15/h5-8,11-12H,3-4,9-10H2,1-2H3,(H,22,25)(H,23,24). The molecule has 0 aliphatic rings. The molecule has 0 saturated carbocycles. The number of rotatable bonds is 7. The normalized spacial score (nSPS) is 12.2. The summed E-state index contributed by atoms with van der Waals surface area (Å²) in [5.41, 5.74) is 0.589. The summed E-state index contributed by atoms with van der Waals surface area (Å²) >= 11 is 0. The molecule has 25 heavy (non-hydrogen) atoms. The topological polar surface area (TPSA) is 57.8 Å². The van der Waals surface area contributed by atoms with E-state index < -0.39 is 17.5 Å². The summed E-state index contributed by atoms with van der Waals surface area (Å²) in [5, 5.41) is 9.07. The monoisotopic (exact) mass is 353 g/mol. The molecule has 2 rings (SSSR count). The minimum atomic E-state index is -4.55. The van der Waals surface area contributed by atoms with Gasteiger partial charge in [-0.3, -0.25) is 9.89 Å². The summed E-state index contributed by atoms with van der Waals surface area (Å²) in [4.78, 5) is 12.1. The van der Waals surface area contributed by atoms with Crippen LogP contribution in [0.3, 0.4) is 0 Å². The average Bonchev–Trinajstić information content (AvgIpc) is 3.10. The van der Waals surface area contributed by atoms with Gasteiger partial charge in [0.05, 0.1) is 6.20 Å². The van der Waals surface area contributed by atoms with E-state index in [1.54, 1.807) is 12.4 Å². The fourth-order valence-corrected chi connectivity index (χ4v) is 2.86. The fourth-order valence-electron chi connectivity index (χ4n) is 2.86. The van der Waals surface area contributed by atoms with Crippen molar-refractivity contribution in [1.29, 1.82) is 0 Å². The van der Waals surface area contributed by atoms with E-state index in [-0.39, 0.29) is 19.4 Å². The van der Waals surface area contributed by atoms with Crippen LogP contribution in [0.25, 0.3) is 11.1 Å². The van der Waals surface area contributed by atoms with Gasteiger partial charge in [0.1, 0.15) is 5.41 Å². The number of aromatic amines is 1. The molecular formula is C18H22F3N3O. The van der Waals surface area contributed by atoms with Crippen LogP contribution in [0.5, 0.6) is 0 Å². The van der Waals surface area contributed by atoms with Crippen molar-refractivity contribution < 1.29 is 18.0 Å². The van der Waals surface area contributed by atoms with Crippen LogP contribution < -0.4 is 5.32 Å². The number of carbonyl (C=O) groups is 1. The third-order valence-corrected chi connectivity index (χ3v) is 4.67. The molecule has 2 aromatic rings. The predicted molar refractivity (Wildman–Crippen MR) is 89.8 cm³/mol. The summed E-state index contributed by atoms with van der Waals surface area (Å²) in [6.07, 6.45) is -1.12. The molecule has 1 amide bonds. The van der Waals surface area contributed by atoms with Gasteiger partial charge < -0.3 is 5.32 Å². The zero-order valence-corrected chi connectivity index (χ0v) is 14.3. The Bertz CT molecular complexity index is 675. The molecule has 2 N–H and O–H groups in total. The molecule has 0 bridgehead atoms. The number of halogens is 3. The molecular weight excluding hydrogens is 331 g/mol. The van der Waals surface area contributed by atoms with E-state index in [0.717, 1.165) is 16.7 Å². The highest BCUT2D eigenvalue weighted by Crippen LogP contribution is 2.44. The van der Waals surface area contributed by atoms with Crippen LogP contribution in [-0.2, 0) is 11.2 Å². The highest BCUT2D eigenvalue weighted by molar-refractivity contribution is 5.83. The Morgan fingerprint density at radius 3 is 2.24 bits per heavy atom. The second-order valence-corrected chi connectivity index (χ2v) is 5.98. The first-order valence-corrected chi connectivity index (χ1v) is 8.27. The molecule has 4 nitrogen and oxygen atoms in total. The van der Waals surface area contributed by atoms with Crippen molar-refractivity contribution in [3.8, 4) is 11.1 Å². The van der Waals surface area contributed by atoms with E-state index in [9.17, 15) is 18.0 Å². The van der Waals surface area contributed by atoms with E-state index in [1.807, 2.05) is 24.3 Å². The SMILES string of the molecule is CCC(CC)(C(=O)NCCc1ccc(-c2cn[nH]c2)cc1)C(F)(F)F. The quantitative estimate of drug-likeness (QED) is 0.787. The van der Waals surface area contributed by atoms with Crippen LogP contribution in [0.4, 0.5) is 13.2 Å². The molecule has 1 heterocycles. The maximum atomic E-state index is 13.3. The number of amides is 1. The van der Waals surface area contributed by atoms with Gasteiger partial charge in [-0.25, -0.2) is 0 Å². The summed E-state index contributed by atoms with van der Waals surface area (Å²) in [5.74, 6) is -0.944. The van der Waals surface area contributed by atoms with Gasteiger partial charge in [0.15, 0.2) is 0 Å². The van der Waals surface area contributed by atoms with Crippen molar-refractivity contribution in [2.75, 3.05) is 6.54 Å². The number of alkyl halides is 3. The Balaban J connectivity index is 1.94. The van der Waals surface area contributed by atoms with Crippen LogP contribution in [0.15, 0.2) is 36.7 Å². The second-order valence-electron chi connectivity index (χ2n) is 5.98. The molecule has 0 atom stereocenters. The molecule has 0 unspecified atom stereocenters. The number of aromatic nitrogens is 2. The summed E-state index contributed by atoms with van der Waals surface area (Å²) in [6.45, 7) is 2.96. The number of hydrogen-bond acceptors (Lipinski definition) is 2. The van der Waals surface area contributed by atoms with E-state index >= 15 is 0 Å². The third-order valence-electron chi connectivity index (χ3n) is 4.67. The van der Waals surface area contributed by atoms with E-state index in [0.29, 0.717) is 6.42 Å². The van der Waals surface area contributed by atoms with Gasteiger partial charge in [-0.05, 0) is 30.4 Å².